The summed E-state index contributed by atoms with van der Waals surface area (Å²) in [5.41, 5.74) is 7.14. The van der Waals surface area contributed by atoms with Crippen LogP contribution in [0.4, 0.5) is 0 Å². The smallest absolute Gasteiger partial charge is 0.139 e. The van der Waals surface area contributed by atoms with Crippen molar-refractivity contribution in [3.8, 4) is 11.3 Å². The zero-order chi connectivity index (χ0) is 20.6. The number of pyridine rings is 1. The molecule has 0 N–H and O–H groups in total. The van der Waals surface area contributed by atoms with Crippen molar-refractivity contribution in [1.29, 1.82) is 0 Å². The summed E-state index contributed by atoms with van der Waals surface area (Å²) >= 11 is 1.81. The van der Waals surface area contributed by atoms with E-state index in [1.165, 1.54) is 15.6 Å². The number of rotatable bonds is 1. The van der Waals surface area contributed by atoms with Gasteiger partial charge in [-0.05, 0) is 64.6 Å². The standard InChI is InChI=1S/C26H21NO2S/c1-14-13-28-21-12-22-18(11-17(14)21)23-20(29-22)5-7-27-24(23)16-9-15-6-8-30-25(15)19(10-16)26(2,3)4/h5-13H,1-4H3. The van der Waals surface area contributed by atoms with Gasteiger partial charge < -0.3 is 8.83 Å². The third kappa shape index (κ3) is 2.47. The first kappa shape index (κ1) is 17.7. The monoisotopic (exact) mass is 411 g/mol. The molecule has 0 unspecified atom stereocenters. The molecule has 0 saturated heterocycles. The van der Waals surface area contributed by atoms with Crippen molar-refractivity contribution in [2.24, 2.45) is 0 Å². The first-order valence-corrected chi connectivity index (χ1v) is 11.0. The van der Waals surface area contributed by atoms with Crippen LogP contribution in [0.3, 0.4) is 0 Å². The molecular weight excluding hydrogens is 390 g/mol. The Balaban J connectivity index is 1.72. The molecule has 2 aromatic carbocycles. The van der Waals surface area contributed by atoms with E-state index in [0.717, 1.165) is 49.7 Å². The van der Waals surface area contributed by atoms with Gasteiger partial charge in [-0.2, -0.15) is 0 Å². The van der Waals surface area contributed by atoms with Gasteiger partial charge in [0.05, 0.1) is 17.3 Å². The largest absolute Gasteiger partial charge is 0.464 e. The molecule has 6 rings (SSSR count). The highest BCUT2D eigenvalue weighted by atomic mass is 32.1. The summed E-state index contributed by atoms with van der Waals surface area (Å²) in [6.07, 6.45) is 3.63. The molecule has 3 nitrogen and oxygen atoms in total. The molecular formula is C26H21NO2S. The molecule has 4 aromatic heterocycles. The molecule has 0 bridgehead atoms. The van der Waals surface area contributed by atoms with E-state index in [4.69, 9.17) is 13.8 Å². The molecule has 4 heteroatoms. The highest BCUT2D eigenvalue weighted by Crippen LogP contribution is 2.41. The fraction of sp³-hybridized carbons (Fsp3) is 0.192. The van der Waals surface area contributed by atoms with Crippen LogP contribution in [-0.4, -0.2) is 4.98 Å². The van der Waals surface area contributed by atoms with Crippen molar-refractivity contribution in [3.05, 3.63) is 65.4 Å². The van der Waals surface area contributed by atoms with Crippen molar-refractivity contribution < 1.29 is 8.83 Å². The summed E-state index contributed by atoms with van der Waals surface area (Å²) in [4.78, 5) is 4.82. The lowest BCUT2D eigenvalue weighted by molar-refractivity contribution is 0.597. The second kappa shape index (κ2) is 5.96. The molecule has 0 radical (unpaired) electrons. The summed E-state index contributed by atoms with van der Waals surface area (Å²) in [6, 6.07) is 12.9. The minimum absolute atomic E-state index is 0.0472. The van der Waals surface area contributed by atoms with E-state index in [9.17, 15) is 0 Å². The van der Waals surface area contributed by atoms with E-state index in [1.54, 1.807) is 6.26 Å². The van der Waals surface area contributed by atoms with Crippen LogP contribution in [0.2, 0.25) is 0 Å². The van der Waals surface area contributed by atoms with Crippen LogP contribution in [0.5, 0.6) is 0 Å². The van der Waals surface area contributed by atoms with Gasteiger partial charge >= 0.3 is 0 Å². The van der Waals surface area contributed by atoms with Gasteiger partial charge in [0, 0.05) is 33.3 Å². The number of aromatic nitrogens is 1. The van der Waals surface area contributed by atoms with Crippen molar-refractivity contribution in [2.45, 2.75) is 33.1 Å². The zero-order valence-corrected chi connectivity index (χ0v) is 18.2. The average Bonchev–Trinajstić information content (AvgIpc) is 3.41. The molecule has 0 atom stereocenters. The summed E-state index contributed by atoms with van der Waals surface area (Å²) < 4.78 is 13.2. The highest BCUT2D eigenvalue weighted by Gasteiger charge is 2.21. The van der Waals surface area contributed by atoms with Crippen molar-refractivity contribution in [1.82, 2.24) is 4.98 Å². The van der Waals surface area contributed by atoms with Gasteiger partial charge in [-0.1, -0.05) is 20.8 Å². The summed E-state index contributed by atoms with van der Waals surface area (Å²) in [5.74, 6) is 0. The fourth-order valence-electron chi connectivity index (χ4n) is 4.36. The Kier molecular flexibility index (Phi) is 3.52. The van der Waals surface area contributed by atoms with E-state index in [0.29, 0.717) is 0 Å². The number of nitrogens with zero attached hydrogens (tertiary/aromatic N) is 1. The Morgan fingerprint density at radius 3 is 2.63 bits per heavy atom. The quantitative estimate of drug-likeness (QED) is 0.274. The van der Waals surface area contributed by atoms with Crippen molar-refractivity contribution in [3.63, 3.8) is 0 Å². The number of benzene rings is 2. The Morgan fingerprint density at radius 1 is 0.933 bits per heavy atom. The summed E-state index contributed by atoms with van der Waals surface area (Å²) in [5, 5.41) is 6.69. The molecule has 0 aliphatic heterocycles. The highest BCUT2D eigenvalue weighted by molar-refractivity contribution is 7.17. The van der Waals surface area contributed by atoms with Crippen LogP contribution < -0.4 is 0 Å². The maximum Gasteiger partial charge on any atom is 0.139 e. The normalized spacial score (nSPS) is 12.7. The maximum atomic E-state index is 6.20. The third-order valence-electron chi connectivity index (χ3n) is 5.90. The van der Waals surface area contributed by atoms with Crippen LogP contribution >= 0.6 is 11.3 Å². The Morgan fingerprint density at radius 2 is 1.80 bits per heavy atom. The SMILES string of the molecule is Cc1coc2cc3oc4ccnc(-c5cc(C(C)(C)C)c6sccc6c5)c4c3cc12. The van der Waals surface area contributed by atoms with Crippen LogP contribution in [0.15, 0.2) is 63.1 Å². The molecule has 0 amide bonds. The molecule has 0 fully saturated rings. The first-order chi connectivity index (χ1) is 14.4. The average molecular weight is 412 g/mol. The first-order valence-electron chi connectivity index (χ1n) is 10.1. The van der Waals surface area contributed by atoms with E-state index in [1.807, 2.05) is 29.7 Å². The number of hydrogen-bond donors (Lipinski definition) is 0. The van der Waals surface area contributed by atoms with Crippen LogP contribution in [-0.2, 0) is 5.41 Å². The van der Waals surface area contributed by atoms with Crippen LogP contribution in [0.1, 0.15) is 31.9 Å². The van der Waals surface area contributed by atoms with Crippen molar-refractivity contribution >= 4 is 54.3 Å². The number of hydrogen-bond acceptors (Lipinski definition) is 4. The van der Waals surface area contributed by atoms with Crippen LogP contribution in [0, 0.1) is 6.92 Å². The molecule has 30 heavy (non-hydrogen) atoms. The minimum atomic E-state index is 0.0472. The maximum absolute atomic E-state index is 6.20. The lowest BCUT2D eigenvalue weighted by Gasteiger charge is -2.21. The van der Waals surface area contributed by atoms with Gasteiger partial charge in [-0.25, -0.2) is 0 Å². The second-order valence-corrected chi connectivity index (χ2v) is 9.93. The number of aryl methyl sites for hydroxylation is 1. The predicted molar refractivity (Wildman–Crippen MR) is 126 cm³/mol. The topological polar surface area (TPSA) is 39.2 Å². The summed E-state index contributed by atoms with van der Waals surface area (Å²) in [6.45, 7) is 8.88. The van der Waals surface area contributed by atoms with Gasteiger partial charge in [0.2, 0.25) is 0 Å². The van der Waals surface area contributed by atoms with E-state index < -0.39 is 0 Å². The predicted octanol–water partition coefficient (Wildman–Crippen LogP) is 8.21. The van der Waals surface area contributed by atoms with Crippen LogP contribution in [0.25, 0.3) is 54.3 Å². The van der Waals surface area contributed by atoms with Gasteiger partial charge in [-0.3, -0.25) is 4.98 Å². The molecule has 0 saturated carbocycles. The molecule has 0 spiro atoms. The van der Waals surface area contributed by atoms with E-state index in [-0.39, 0.29) is 5.41 Å². The minimum Gasteiger partial charge on any atom is -0.464 e. The number of thiophene rings is 1. The molecule has 4 heterocycles. The fourth-order valence-corrected chi connectivity index (χ4v) is 5.47. The zero-order valence-electron chi connectivity index (χ0n) is 17.4. The lowest BCUT2D eigenvalue weighted by Crippen LogP contribution is -2.11. The van der Waals surface area contributed by atoms with E-state index >= 15 is 0 Å². The molecule has 148 valence electrons. The summed E-state index contributed by atoms with van der Waals surface area (Å²) in [7, 11) is 0. The van der Waals surface area contributed by atoms with Gasteiger partial charge in [0.25, 0.3) is 0 Å². The Labute approximate surface area is 177 Å². The number of furan rings is 2. The molecule has 6 aromatic rings. The molecule has 0 aliphatic carbocycles. The van der Waals surface area contributed by atoms with Gasteiger partial charge in [-0.15, -0.1) is 11.3 Å². The molecule has 0 aliphatic rings. The second-order valence-electron chi connectivity index (χ2n) is 9.01. The van der Waals surface area contributed by atoms with Gasteiger partial charge in [0.15, 0.2) is 0 Å². The van der Waals surface area contributed by atoms with Crippen molar-refractivity contribution in [2.75, 3.05) is 0 Å². The Hall–Kier alpha value is -3.11. The third-order valence-corrected chi connectivity index (χ3v) is 6.87. The van der Waals surface area contributed by atoms with E-state index in [2.05, 4.69) is 57.3 Å². The number of fused-ring (bicyclic) bond motifs is 5. The Bertz CT molecular complexity index is 1590. The van der Waals surface area contributed by atoms with Gasteiger partial charge in [0.1, 0.15) is 16.7 Å². The lowest BCUT2D eigenvalue weighted by atomic mass is 9.85.